The van der Waals surface area contributed by atoms with E-state index in [0.717, 1.165) is 43.0 Å². The van der Waals surface area contributed by atoms with E-state index in [1.807, 2.05) is 18.2 Å². The number of benzene rings is 2. The number of hydrogen-bond donors (Lipinski definition) is 1. The second-order valence-electron chi connectivity index (χ2n) is 8.17. The SMILES string of the molecule is CCN(CC)S(=O)(=O)c1cc(C(=O)Nc2cccc(-c3nnc4n3CCCCC4)c2)ccc1Cl. The number of hydrogen-bond acceptors (Lipinski definition) is 5. The van der Waals surface area contributed by atoms with E-state index in [0.29, 0.717) is 18.8 Å². The van der Waals surface area contributed by atoms with E-state index in [2.05, 4.69) is 20.1 Å². The van der Waals surface area contributed by atoms with Crippen LogP contribution in [0, 0.1) is 0 Å². The van der Waals surface area contributed by atoms with Crippen LogP contribution < -0.4 is 5.32 Å². The normalized spacial score (nSPS) is 14.0. The van der Waals surface area contributed by atoms with Crippen LogP contribution in [-0.4, -0.2) is 46.5 Å². The standard InChI is InChI=1S/C24H28ClN5O3S/c1-3-29(4-2)34(32,33)21-16-18(12-13-20(21)25)24(31)26-19-10-8-9-17(15-19)23-28-27-22-11-6-5-7-14-30(22)23/h8-10,12-13,15-16H,3-7,11,14H2,1-2H3,(H,26,31). The van der Waals surface area contributed by atoms with E-state index in [9.17, 15) is 13.2 Å². The maximum absolute atomic E-state index is 13.0. The molecule has 2 heterocycles. The van der Waals surface area contributed by atoms with Crippen LogP contribution in [0.2, 0.25) is 5.02 Å². The summed E-state index contributed by atoms with van der Waals surface area (Å²) in [5, 5.41) is 11.7. The number of nitrogens with zero attached hydrogens (tertiary/aromatic N) is 4. The molecule has 0 aliphatic carbocycles. The second-order valence-corrected chi connectivity index (χ2v) is 10.5. The fourth-order valence-electron chi connectivity index (χ4n) is 4.18. The summed E-state index contributed by atoms with van der Waals surface area (Å²) >= 11 is 6.20. The third-order valence-electron chi connectivity index (χ3n) is 6.00. The van der Waals surface area contributed by atoms with Crippen molar-refractivity contribution < 1.29 is 13.2 Å². The average molecular weight is 502 g/mol. The monoisotopic (exact) mass is 501 g/mol. The largest absolute Gasteiger partial charge is 0.322 e. The summed E-state index contributed by atoms with van der Waals surface area (Å²) in [6.07, 6.45) is 4.29. The zero-order valence-electron chi connectivity index (χ0n) is 19.3. The Labute approximate surface area is 205 Å². The van der Waals surface area contributed by atoms with Gasteiger partial charge in [0.2, 0.25) is 10.0 Å². The molecule has 0 atom stereocenters. The molecule has 8 nitrogen and oxygen atoms in total. The van der Waals surface area contributed by atoms with Crippen LogP contribution >= 0.6 is 11.6 Å². The Hall–Kier alpha value is -2.75. The maximum Gasteiger partial charge on any atom is 0.255 e. The van der Waals surface area contributed by atoms with Crippen LogP contribution in [0.3, 0.4) is 0 Å². The molecule has 2 aromatic carbocycles. The van der Waals surface area contributed by atoms with Gasteiger partial charge in [0.05, 0.1) is 5.02 Å². The highest BCUT2D eigenvalue weighted by Crippen LogP contribution is 2.28. The Morgan fingerprint density at radius 2 is 1.88 bits per heavy atom. The smallest absolute Gasteiger partial charge is 0.255 e. The molecule has 4 rings (SSSR count). The van der Waals surface area contributed by atoms with Crippen LogP contribution in [0.4, 0.5) is 5.69 Å². The number of aryl methyl sites for hydroxylation is 1. The van der Waals surface area contributed by atoms with E-state index in [-0.39, 0.29) is 15.5 Å². The van der Waals surface area contributed by atoms with E-state index < -0.39 is 15.9 Å². The summed E-state index contributed by atoms with van der Waals surface area (Å²) in [6, 6.07) is 11.7. The van der Waals surface area contributed by atoms with Gasteiger partial charge in [-0.05, 0) is 43.2 Å². The third kappa shape index (κ3) is 4.87. The Morgan fingerprint density at radius 1 is 1.09 bits per heavy atom. The molecule has 1 N–H and O–H groups in total. The second kappa shape index (κ2) is 10.2. The van der Waals surface area contributed by atoms with Crippen molar-refractivity contribution in [2.75, 3.05) is 18.4 Å². The Bertz CT molecular complexity index is 1300. The van der Waals surface area contributed by atoms with E-state index >= 15 is 0 Å². The van der Waals surface area contributed by atoms with E-state index in [1.165, 1.54) is 28.9 Å². The number of halogens is 1. The van der Waals surface area contributed by atoms with Crippen LogP contribution in [0.15, 0.2) is 47.4 Å². The Morgan fingerprint density at radius 3 is 2.65 bits per heavy atom. The number of carbonyl (C=O) groups is 1. The number of anilines is 1. The molecule has 10 heteroatoms. The molecule has 0 saturated carbocycles. The predicted octanol–water partition coefficient (Wildman–Crippen LogP) is 4.61. The van der Waals surface area contributed by atoms with Crippen molar-refractivity contribution in [2.24, 2.45) is 0 Å². The predicted molar refractivity (Wildman–Crippen MR) is 133 cm³/mol. The molecule has 3 aromatic rings. The molecule has 1 amide bonds. The van der Waals surface area contributed by atoms with Gasteiger partial charge in [-0.25, -0.2) is 8.42 Å². The van der Waals surface area contributed by atoms with Gasteiger partial charge in [0.25, 0.3) is 5.91 Å². The van der Waals surface area contributed by atoms with Gasteiger partial charge in [0.1, 0.15) is 10.7 Å². The molecular formula is C24H28ClN5O3S. The number of amides is 1. The van der Waals surface area contributed by atoms with Gasteiger partial charge in [0, 0.05) is 42.9 Å². The minimum absolute atomic E-state index is 0.0783. The van der Waals surface area contributed by atoms with E-state index in [4.69, 9.17) is 11.6 Å². The molecule has 0 spiro atoms. The van der Waals surface area contributed by atoms with Crippen molar-refractivity contribution in [1.29, 1.82) is 0 Å². The third-order valence-corrected chi connectivity index (χ3v) is 8.54. The highest BCUT2D eigenvalue weighted by molar-refractivity contribution is 7.89. The first-order valence-corrected chi connectivity index (χ1v) is 13.3. The minimum atomic E-state index is -3.81. The summed E-state index contributed by atoms with van der Waals surface area (Å²) < 4.78 is 29.4. The van der Waals surface area contributed by atoms with Gasteiger partial charge in [-0.15, -0.1) is 10.2 Å². The topological polar surface area (TPSA) is 97.2 Å². The fraction of sp³-hybridized carbons (Fsp3) is 0.375. The van der Waals surface area contributed by atoms with Crippen LogP contribution in [0.25, 0.3) is 11.4 Å². The first-order chi connectivity index (χ1) is 16.3. The molecule has 0 saturated heterocycles. The van der Waals surface area contributed by atoms with Crippen molar-refractivity contribution >= 4 is 33.2 Å². The quantitative estimate of drug-likeness (QED) is 0.510. The lowest BCUT2D eigenvalue weighted by molar-refractivity contribution is 0.102. The summed E-state index contributed by atoms with van der Waals surface area (Å²) in [6.45, 7) is 5.01. The van der Waals surface area contributed by atoms with Gasteiger partial charge in [-0.1, -0.05) is 44.0 Å². The molecular weight excluding hydrogens is 474 g/mol. The molecule has 0 radical (unpaired) electrons. The molecule has 0 unspecified atom stereocenters. The highest BCUT2D eigenvalue weighted by Gasteiger charge is 2.25. The van der Waals surface area contributed by atoms with Crippen molar-refractivity contribution in [3.63, 3.8) is 0 Å². The molecule has 1 aliphatic rings. The summed E-state index contributed by atoms with van der Waals surface area (Å²) in [5.74, 6) is 1.35. The average Bonchev–Trinajstić information content (AvgIpc) is 3.08. The lowest BCUT2D eigenvalue weighted by Gasteiger charge is -2.19. The van der Waals surface area contributed by atoms with Crippen LogP contribution in [-0.2, 0) is 23.0 Å². The lowest BCUT2D eigenvalue weighted by Crippen LogP contribution is -2.31. The Balaban J connectivity index is 1.60. The van der Waals surface area contributed by atoms with Crippen LogP contribution in [0.1, 0.15) is 49.3 Å². The zero-order valence-corrected chi connectivity index (χ0v) is 20.9. The first kappa shape index (κ1) is 24.4. The fourth-order valence-corrected chi connectivity index (χ4v) is 6.14. The number of nitrogens with one attached hydrogen (secondary N) is 1. The molecule has 0 fully saturated rings. The summed E-state index contributed by atoms with van der Waals surface area (Å²) in [4.78, 5) is 12.9. The van der Waals surface area contributed by atoms with Gasteiger partial charge >= 0.3 is 0 Å². The van der Waals surface area contributed by atoms with E-state index in [1.54, 1.807) is 19.9 Å². The number of carbonyl (C=O) groups excluding carboxylic acids is 1. The highest BCUT2D eigenvalue weighted by atomic mass is 35.5. The first-order valence-electron chi connectivity index (χ1n) is 11.5. The molecule has 180 valence electrons. The maximum atomic E-state index is 13.0. The molecule has 1 aliphatic heterocycles. The van der Waals surface area contributed by atoms with Gasteiger partial charge in [-0.2, -0.15) is 4.31 Å². The number of sulfonamides is 1. The lowest BCUT2D eigenvalue weighted by atomic mass is 10.1. The van der Waals surface area contributed by atoms with Crippen molar-refractivity contribution in [2.45, 2.75) is 51.0 Å². The summed E-state index contributed by atoms with van der Waals surface area (Å²) in [7, 11) is -3.81. The zero-order chi connectivity index (χ0) is 24.3. The summed E-state index contributed by atoms with van der Waals surface area (Å²) in [5.41, 5.74) is 1.65. The van der Waals surface area contributed by atoms with Gasteiger partial charge in [-0.3, -0.25) is 4.79 Å². The number of fused-ring (bicyclic) bond motifs is 1. The van der Waals surface area contributed by atoms with Crippen LogP contribution in [0.5, 0.6) is 0 Å². The van der Waals surface area contributed by atoms with Crippen molar-refractivity contribution in [1.82, 2.24) is 19.1 Å². The minimum Gasteiger partial charge on any atom is -0.322 e. The number of rotatable bonds is 7. The van der Waals surface area contributed by atoms with Gasteiger partial charge < -0.3 is 9.88 Å². The molecule has 34 heavy (non-hydrogen) atoms. The molecule has 0 bridgehead atoms. The number of aromatic nitrogens is 3. The van der Waals surface area contributed by atoms with Crippen molar-refractivity contribution in [3.8, 4) is 11.4 Å². The van der Waals surface area contributed by atoms with Crippen molar-refractivity contribution in [3.05, 3.63) is 58.9 Å². The van der Waals surface area contributed by atoms with Gasteiger partial charge in [0.15, 0.2) is 5.82 Å². The molecule has 1 aromatic heterocycles. The Kier molecular flexibility index (Phi) is 7.35.